The summed E-state index contributed by atoms with van der Waals surface area (Å²) < 4.78 is 0. The molecule has 0 saturated heterocycles. The first kappa shape index (κ1) is 11.0. The van der Waals surface area contributed by atoms with E-state index >= 15 is 0 Å². The number of aliphatic hydroxyl groups is 1. The summed E-state index contributed by atoms with van der Waals surface area (Å²) in [6, 6.07) is 0. The van der Waals surface area contributed by atoms with E-state index < -0.39 is 0 Å². The summed E-state index contributed by atoms with van der Waals surface area (Å²) in [7, 11) is 0. The summed E-state index contributed by atoms with van der Waals surface area (Å²) in [6.07, 6.45) is 8.06. The van der Waals surface area contributed by atoms with Crippen LogP contribution in [0.15, 0.2) is 0 Å². The van der Waals surface area contributed by atoms with Crippen LogP contribution in [-0.4, -0.2) is 10.7 Å². The normalized spacial score (nSPS) is 33.2. The first-order valence-electron chi connectivity index (χ1n) is 5.74. The summed E-state index contributed by atoms with van der Waals surface area (Å²) in [6.45, 7) is 6.64. The summed E-state index contributed by atoms with van der Waals surface area (Å²) in [5, 5.41) is 10.5. The van der Waals surface area contributed by atoms with Crippen LogP contribution in [0.2, 0.25) is 0 Å². The van der Waals surface area contributed by atoms with Gasteiger partial charge < -0.3 is 5.11 Å². The number of hydrogen-bond donors (Lipinski definition) is 1. The van der Waals surface area contributed by atoms with Crippen LogP contribution < -0.4 is 0 Å². The van der Waals surface area contributed by atoms with Crippen LogP contribution in [0.4, 0.5) is 0 Å². The monoisotopic (exact) mass is 184 g/mol. The lowest BCUT2D eigenvalue weighted by Gasteiger charge is -2.46. The highest BCUT2D eigenvalue weighted by Crippen LogP contribution is 2.46. The van der Waals surface area contributed by atoms with Gasteiger partial charge in [0.25, 0.3) is 0 Å². The van der Waals surface area contributed by atoms with Crippen molar-refractivity contribution in [2.75, 3.05) is 0 Å². The van der Waals surface area contributed by atoms with Gasteiger partial charge in [-0.25, -0.2) is 0 Å². The molecule has 0 amide bonds. The van der Waals surface area contributed by atoms with E-state index in [4.69, 9.17) is 0 Å². The van der Waals surface area contributed by atoms with Crippen LogP contribution in [0.5, 0.6) is 0 Å². The van der Waals surface area contributed by atoms with Gasteiger partial charge in [-0.3, -0.25) is 0 Å². The highest BCUT2D eigenvalue weighted by Gasteiger charge is 2.44. The molecule has 0 aromatic heterocycles. The van der Waals surface area contributed by atoms with E-state index in [0.717, 1.165) is 12.8 Å². The first-order valence-corrected chi connectivity index (χ1v) is 5.74. The second-order valence-corrected chi connectivity index (χ2v) is 5.23. The van der Waals surface area contributed by atoms with Gasteiger partial charge in [0, 0.05) is 0 Å². The smallest absolute Gasteiger partial charge is 0.0698 e. The highest BCUT2D eigenvalue weighted by molar-refractivity contribution is 4.95. The minimum atomic E-state index is -0.374. The van der Waals surface area contributed by atoms with Gasteiger partial charge in [0.2, 0.25) is 0 Å². The predicted octanol–water partition coefficient (Wildman–Crippen LogP) is 3.51. The van der Waals surface area contributed by atoms with Crippen molar-refractivity contribution in [3.8, 4) is 0 Å². The molecule has 0 aliphatic heterocycles. The summed E-state index contributed by atoms with van der Waals surface area (Å²) in [5.74, 6) is 0. The Balaban J connectivity index is 2.60. The summed E-state index contributed by atoms with van der Waals surface area (Å²) in [4.78, 5) is 0. The van der Waals surface area contributed by atoms with Crippen LogP contribution in [0.25, 0.3) is 0 Å². The van der Waals surface area contributed by atoms with E-state index in [1.54, 1.807) is 0 Å². The van der Waals surface area contributed by atoms with Crippen LogP contribution in [-0.2, 0) is 0 Å². The maximum Gasteiger partial charge on any atom is 0.0698 e. The Bertz CT molecular complexity index is 163. The summed E-state index contributed by atoms with van der Waals surface area (Å²) >= 11 is 0. The Kier molecular flexibility index (Phi) is 3.39. The Labute approximate surface area is 82.5 Å². The Hall–Kier alpha value is -0.0400. The first-order chi connectivity index (χ1) is 6.02. The second kappa shape index (κ2) is 4.00. The molecule has 1 heteroatoms. The van der Waals surface area contributed by atoms with Crippen molar-refractivity contribution in [2.24, 2.45) is 5.41 Å². The molecule has 0 bridgehead atoms. The van der Waals surface area contributed by atoms with Crippen molar-refractivity contribution >= 4 is 0 Å². The fourth-order valence-corrected chi connectivity index (χ4v) is 2.49. The third-order valence-corrected chi connectivity index (χ3v) is 3.85. The molecule has 1 unspecified atom stereocenters. The van der Waals surface area contributed by atoms with Gasteiger partial charge in [-0.15, -0.1) is 0 Å². The molecule has 0 radical (unpaired) electrons. The summed E-state index contributed by atoms with van der Waals surface area (Å²) in [5.41, 5.74) is -0.234. The molecule has 78 valence electrons. The van der Waals surface area contributed by atoms with E-state index in [2.05, 4.69) is 20.8 Å². The molecule has 13 heavy (non-hydrogen) atoms. The molecule has 1 saturated carbocycles. The lowest BCUT2D eigenvalue weighted by atomic mass is 9.63. The van der Waals surface area contributed by atoms with Crippen molar-refractivity contribution in [2.45, 2.75) is 71.3 Å². The standard InChI is InChI=1S/C12H24O/c1-4-5-9-12(13)10-7-6-8-11(12,2)3/h13H,4-10H2,1-3H3. The molecule has 1 fully saturated rings. The predicted molar refractivity (Wildman–Crippen MR) is 56.7 cm³/mol. The van der Waals surface area contributed by atoms with Crippen LogP contribution in [0, 0.1) is 5.41 Å². The number of hydrogen-bond acceptors (Lipinski definition) is 1. The third-order valence-electron chi connectivity index (χ3n) is 3.85. The zero-order valence-electron chi connectivity index (χ0n) is 9.40. The van der Waals surface area contributed by atoms with E-state index in [0.29, 0.717) is 0 Å². The van der Waals surface area contributed by atoms with E-state index in [1.165, 1.54) is 32.1 Å². The van der Waals surface area contributed by atoms with Gasteiger partial charge in [0.1, 0.15) is 0 Å². The second-order valence-electron chi connectivity index (χ2n) is 5.23. The molecule has 1 atom stereocenters. The van der Waals surface area contributed by atoms with Crippen LogP contribution in [0.1, 0.15) is 65.7 Å². The minimum absolute atomic E-state index is 0.139. The van der Waals surface area contributed by atoms with Crippen molar-refractivity contribution in [1.82, 2.24) is 0 Å². The van der Waals surface area contributed by atoms with Gasteiger partial charge in [-0.1, -0.05) is 46.5 Å². The molecule has 0 aromatic rings. The van der Waals surface area contributed by atoms with Gasteiger partial charge in [-0.2, -0.15) is 0 Å². The average Bonchev–Trinajstić information content (AvgIpc) is 2.07. The van der Waals surface area contributed by atoms with Gasteiger partial charge >= 0.3 is 0 Å². The van der Waals surface area contributed by atoms with Crippen molar-refractivity contribution in [3.63, 3.8) is 0 Å². The van der Waals surface area contributed by atoms with Crippen LogP contribution >= 0.6 is 0 Å². The molecule has 0 heterocycles. The zero-order chi connectivity index (χ0) is 9.95. The largest absolute Gasteiger partial charge is 0.389 e. The van der Waals surface area contributed by atoms with E-state index in [9.17, 15) is 5.11 Å². The van der Waals surface area contributed by atoms with Gasteiger partial charge in [0.15, 0.2) is 0 Å². The molecule has 1 aliphatic carbocycles. The molecule has 0 spiro atoms. The lowest BCUT2D eigenvalue weighted by Crippen LogP contribution is -2.47. The molecule has 1 aliphatic rings. The maximum absolute atomic E-state index is 10.5. The molecule has 1 N–H and O–H groups in total. The topological polar surface area (TPSA) is 20.2 Å². The maximum atomic E-state index is 10.5. The average molecular weight is 184 g/mol. The SMILES string of the molecule is CCCCC1(O)CCCCC1(C)C. The Morgan fingerprint density at radius 2 is 1.77 bits per heavy atom. The fraction of sp³-hybridized carbons (Fsp3) is 1.00. The minimum Gasteiger partial charge on any atom is -0.389 e. The van der Waals surface area contributed by atoms with Crippen molar-refractivity contribution in [3.05, 3.63) is 0 Å². The third kappa shape index (κ3) is 2.25. The number of rotatable bonds is 3. The molecular weight excluding hydrogens is 160 g/mol. The zero-order valence-corrected chi connectivity index (χ0v) is 9.40. The Morgan fingerprint density at radius 3 is 2.31 bits per heavy atom. The number of unbranched alkanes of at least 4 members (excludes halogenated alkanes) is 1. The van der Waals surface area contributed by atoms with Crippen molar-refractivity contribution in [1.29, 1.82) is 0 Å². The van der Waals surface area contributed by atoms with Crippen LogP contribution in [0.3, 0.4) is 0 Å². The van der Waals surface area contributed by atoms with Gasteiger partial charge in [-0.05, 0) is 24.7 Å². The lowest BCUT2D eigenvalue weighted by molar-refractivity contribution is -0.103. The van der Waals surface area contributed by atoms with E-state index in [1.807, 2.05) is 0 Å². The molecule has 0 aromatic carbocycles. The van der Waals surface area contributed by atoms with Crippen molar-refractivity contribution < 1.29 is 5.11 Å². The molecule has 1 rings (SSSR count). The highest BCUT2D eigenvalue weighted by atomic mass is 16.3. The fourth-order valence-electron chi connectivity index (χ4n) is 2.49. The Morgan fingerprint density at radius 1 is 1.15 bits per heavy atom. The quantitative estimate of drug-likeness (QED) is 0.711. The van der Waals surface area contributed by atoms with E-state index in [-0.39, 0.29) is 11.0 Å². The molecule has 1 nitrogen and oxygen atoms in total. The molecular formula is C12H24O. The van der Waals surface area contributed by atoms with Gasteiger partial charge in [0.05, 0.1) is 5.60 Å².